The Morgan fingerprint density at radius 2 is 2.03 bits per heavy atom. The van der Waals surface area contributed by atoms with Gasteiger partial charge in [0.05, 0.1) is 5.69 Å². The topological polar surface area (TPSA) is 64.2 Å². The fraction of sp³-hybridized carbons (Fsp3) is 0.542. The summed E-state index contributed by atoms with van der Waals surface area (Å²) < 4.78 is 23.5. The molecule has 3 aromatic rings. The molecule has 2 aromatic heterocycles. The van der Waals surface area contributed by atoms with Crippen LogP contribution in [0.1, 0.15) is 62.7 Å². The second kappa shape index (κ2) is 7.99. The van der Waals surface area contributed by atoms with E-state index in [1.165, 1.54) is 5.56 Å². The smallest absolute Gasteiger partial charge is 0.256 e. The number of aromatic nitrogens is 3. The van der Waals surface area contributed by atoms with Crippen LogP contribution in [0, 0.1) is 13.8 Å². The summed E-state index contributed by atoms with van der Waals surface area (Å²) in [6.45, 7) is 7.20. The number of fused-ring (bicyclic) bond motifs is 2. The Hall–Kier alpha value is -2.47. The molecule has 6 heteroatoms. The molecule has 0 radical (unpaired) electrons. The maximum Gasteiger partial charge on any atom is 0.256 e. The van der Waals surface area contributed by atoms with E-state index in [0.717, 1.165) is 54.7 Å². The molecule has 1 fully saturated rings. The summed E-state index contributed by atoms with van der Waals surface area (Å²) in [4.78, 5) is 20.0. The average molecular weight is 409 g/mol. The summed E-state index contributed by atoms with van der Waals surface area (Å²) in [6, 6.07) is 6.27. The van der Waals surface area contributed by atoms with E-state index in [0.29, 0.717) is 43.2 Å². The fourth-order valence-electron chi connectivity index (χ4n) is 4.83. The van der Waals surface area contributed by atoms with Gasteiger partial charge < -0.3 is 9.42 Å². The van der Waals surface area contributed by atoms with Crippen LogP contribution >= 0.6 is 0 Å². The highest BCUT2D eigenvalue weighted by Crippen LogP contribution is 2.32. The lowest BCUT2D eigenvalue weighted by molar-refractivity contribution is 0.211. The van der Waals surface area contributed by atoms with Crippen LogP contribution < -0.4 is 5.56 Å². The minimum atomic E-state index is -1.52. The number of nitrogens with zero attached hydrogens (tertiary/aromatic N) is 4. The zero-order valence-corrected chi connectivity index (χ0v) is 17.8. The fourth-order valence-corrected chi connectivity index (χ4v) is 4.83. The number of hydrogen-bond donors (Lipinski definition) is 0. The predicted molar refractivity (Wildman–Crippen MR) is 117 cm³/mol. The first kappa shape index (κ1) is 17.2. The lowest BCUT2D eigenvalue weighted by Crippen LogP contribution is -2.37. The normalized spacial score (nSPS) is 20.7. The first-order chi connectivity index (χ1) is 15.3. The van der Waals surface area contributed by atoms with Gasteiger partial charge in [-0.05, 0) is 76.7 Å². The highest BCUT2D eigenvalue weighted by molar-refractivity contribution is 5.80. The summed E-state index contributed by atoms with van der Waals surface area (Å²) in [7, 11) is 0. The van der Waals surface area contributed by atoms with E-state index >= 15 is 0 Å². The SMILES string of the molecule is [2H]C1([2H])CCCn2c1nc(C)c(CCN1CCC(c3noc4cc(C)ccc34)CC1)c2=O. The Balaban J connectivity index is 1.25. The number of benzene rings is 1. The molecule has 0 spiro atoms. The van der Waals surface area contributed by atoms with Crippen molar-refractivity contribution >= 4 is 11.0 Å². The first-order valence-corrected chi connectivity index (χ1v) is 11.0. The molecule has 6 nitrogen and oxygen atoms in total. The molecule has 2 aliphatic heterocycles. The summed E-state index contributed by atoms with van der Waals surface area (Å²) >= 11 is 0. The zero-order chi connectivity index (χ0) is 22.5. The molecule has 1 saturated heterocycles. The largest absolute Gasteiger partial charge is 0.356 e. The van der Waals surface area contributed by atoms with Gasteiger partial charge in [-0.25, -0.2) is 4.98 Å². The lowest BCUT2D eigenvalue weighted by atomic mass is 9.91. The summed E-state index contributed by atoms with van der Waals surface area (Å²) in [5.41, 5.74) is 4.45. The number of likely N-dealkylation sites (tertiary alicyclic amines) is 1. The van der Waals surface area contributed by atoms with E-state index in [-0.39, 0.29) is 5.56 Å². The van der Waals surface area contributed by atoms with Gasteiger partial charge in [-0.3, -0.25) is 9.36 Å². The average Bonchev–Trinajstić information content (AvgIpc) is 3.17. The van der Waals surface area contributed by atoms with Crippen molar-refractivity contribution in [3.63, 3.8) is 0 Å². The van der Waals surface area contributed by atoms with Crippen LogP contribution in [0.2, 0.25) is 0 Å². The van der Waals surface area contributed by atoms with Crippen molar-refractivity contribution < 1.29 is 7.26 Å². The second-order valence-electron chi connectivity index (χ2n) is 8.67. The van der Waals surface area contributed by atoms with Crippen molar-refractivity contribution in [3.05, 3.63) is 56.9 Å². The minimum absolute atomic E-state index is 0.0599. The zero-order valence-electron chi connectivity index (χ0n) is 19.8. The molecule has 0 aliphatic carbocycles. The van der Waals surface area contributed by atoms with Gasteiger partial charge in [0.1, 0.15) is 5.82 Å². The van der Waals surface area contributed by atoms with Crippen LogP contribution in [0.5, 0.6) is 0 Å². The van der Waals surface area contributed by atoms with Crippen LogP contribution in [0.3, 0.4) is 0 Å². The van der Waals surface area contributed by atoms with Crippen molar-refractivity contribution in [2.45, 2.75) is 64.8 Å². The molecule has 0 saturated carbocycles. The van der Waals surface area contributed by atoms with Crippen molar-refractivity contribution in [2.75, 3.05) is 19.6 Å². The third kappa shape index (κ3) is 3.58. The van der Waals surface area contributed by atoms with Crippen molar-refractivity contribution in [3.8, 4) is 0 Å². The maximum absolute atomic E-state index is 13.1. The Morgan fingerprint density at radius 3 is 2.87 bits per heavy atom. The van der Waals surface area contributed by atoms with Crippen LogP contribution in [-0.4, -0.2) is 39.2 Å². The monoisotopic (exact) mass is 408 g/mol. The molecule has 4 heterocycles. The minimum Gasteiger partial charge on any atom is -0.356 e. The highest BCUT2D eigenvalue weighted by atomic mass is 16.5. The number of aryl methyl sites for hydroxylation is 3. The molecular weight excluding hydrogens is 376 g/mol. The molecule has 1 aromatic carbocycles. The molecule has 0 bridgehead atoms. The van der Waals surface area contributed by atoms with Crippen molar-refractivity contribution in [1.82, 2.24) is 19.6 Å². The third-order valence-electron chi connectivity index (χ3n) is 6.62. The maximum atomic E-state index is 13.1. The van der Waals surface area contributed by atoms with Crippen LogP contribution in [-0.2, 0) is 19.3 Å². The molecule has 0 amide bonds. The molecule has 30 heavy (non-hydrogen) atoms. The predicted octanol–water partition coefficient (Wildman–Crippen LogP) is 3.76. The summed E-state index contributed by atoms with van der Waals surface area (Å²) in [6.07, 6.45) is 2.28. The molecule has 0 unspecified atom stereocenters. The van der Waals surface area contributed by atoms with Crippen molar-refractivity contribution in [1.29, 1.82) is 0 Å². The van der Waals surface area contributed by atoms with Gasteiger partial charge in [-0.1, -0.05) is 11.2 Å². The van der Waals surface area contributed by atoms with Gasteiger partial charge in [-0.2, -0.15) is 0 Å². The van der Waals surface area contributed by atoms with Crippen LogP contribution in [0.25, 0.3) is 11.0 Å². The number of piperidine rings is 1. The van der Waals surface area contributed by atoms with Gasteiger partial charge in [0.25, 0.3) is 5.56 Å². The van der Waals surface area contributed by atoms with E-state index in [4.69, 9.17) is 7.26 Å². The van der Waals surface area contributed by atoms with Crippen LogP contribution in [0.4, 0.5) is 0 Å². The molecule has 2 aliphatic rings. The second-order valence-corrected chi connectivity index (χ2v) is 8.67. The quantitative estimate of drug-likeness (QED) is 0.658. The lowest BCUT2D eigenvalue weighted by Gasteiger charge is -2.31. The first-order valence-electron chi connectivity index (χ1n) is 12.0. The van der Waals surface area contributed by atoms with E-state index in [2.05, 4.69) is 34.1 Å². The summed E-state index contributed by atoms with van der Waals surface area (Å²) in [5.74, 6) is 0.695. The van der Waals surface area contributed by atoms with Gasteiger partial charge >= 0.3 is 0 Å². The molecule has 158 valence electrons. The Morgan fingerprint density at radius 1 is 1.20 bits per heavy atom. The van der Waals surface area contributed by atoms with Crippen molar-refractivity contribution in [2.24, 2.45) is 0 Å². The van der Waals surface area contributed by atoms with Gasteiger partial charge in [0, 0.05) is 44.8 Å². The highest BCUT2D eigenvalue weighted by Gasteiger charge is 2.25. The van der Waals surface area contributed by atoms with Gasteiger partial charge in [0.2, 0.25) is 0 Å². The Kier molecular flexibility index (Phi) is 4.59. The summed E-state index contributed by atoms with van der Waals surface area (Å²) in [5, 5.41) is 5.50. The standard InChI is InChI=1S/C24H30N4O2/c1-16-6-7-20-21(15-16)30-26-23(20)18-8-12-27(13-9-18)14-10-19-17(2)25-22-5-3-4-11-28(22)24(19)29/h6-7,15,18H,3-5,8-14H2,1-2H3/i5D2. The van der Waals surface area contributed by atoms with E-state index in [1.54, 1.807) is 4.57 Å². The molecule has 0 atom stereocenters. The van der Waals surface area contributed by atoms with E-state index in [9.17, 15) is 4.79 Å². The molecule has 5 rings (SSSR count). The Labute approximate surface area is 179 Å². The van der Waals surface area contributed by atoms with Gasteiger partial charge in [-0.15, -0.1) is 0 Å². The van der Waals surface area contributed by atoms with Gasteiger partial charge in [0.15, 0.2) is 5.58 Å². The van der Waals surface area contributed by atoms with E-state index < -0.39 is 6.37 Å². The number of hydrogen-bond acceptors (Lipinski definition) is 5. The van der Waals surface area contributed by atoms with E-state index in [1.807, 2.05) is 13.0 Å². The number of rotatable bonds is 4. The third-order valence-corrected chi connectivity index (χ3v) is 6.62. The van der Waals surface area contributed by atoms with Crippen LogP contribution in [0.15, 0.2) is 27.5 Å². The molecule has 0 N–H and O–H groups in total. The Bertz CT molecular complexity index is 1210. The molecular formula is C24H30N4O2.